The molecule has 0 radical (unpaired) electrons. The second-order valence-corrected chi connectivity index (χ2v) is 8.27. The molecule has 1 aromatic carbocycles. The third-order valence-electron chi connectivity index (χ3n) is 3.84. The topological polar surface area (TPSA) is 72.5 Å². The fourth-order valence-electron chi connectivity index (χ4n) is 2.26. The number of rotatable bonds is 3. The first kappa shape index (κ1) is 17.7. The van der Waals surface area contributed by atoms with E-state index in [1.54, 1.807) is 0 Å². The molecule has 1 aromatic rings. The van der Waals surface area contributed by atoms with Crippen molar-refractivity contribution in [1.82, 2.24) is 5.32 Å². The van der Waals surface area contributed by atoms with Crippen molar-refractivity contribution in [2.24, 2.45) is 0 Å². The van der Waals surface area contributed by atoms with Crippen molar-refractivity contribution in [1.29, 1.82) is 0 Å². The quantitative estimate of drug-likeness (QED) is 0.901. The summed E-state index contributed by atoms with van der Waals surface area (Å²) in [5.41, 5.74) is -1.03. The molecule has 0 bridgehead atoms. The summed E-state index contributed by atoms with van der Waals surface area (Å²) in [6.07, 6.45) is -5.50. The van der Waals surface area contributed by atoms with Crippen molar-refractivity contribution in [2.45, 2.75) is 35.8 Å². The first-order valence-corrected chi connectivity index (χ1v) is 8.25. The fraction of sp³-hybridized carbons (Fsp3) is 0.500. The molecular formula is C14H16F3NO4S. The molecule has 0 aromatic heterocycles. The minimum atomic E-state index is -4.63. The molecular weight excluding hydrogens is 335 g/mol. The molecule has 23 heavy (non-hydrogen) atoms. The van der Waals surface area contributed by atoms with Crippen LogP contribution >= 0.6 is 0 Å². The Bertz CT molecular complexity index is 703. The molecule has 1 fully saturated rings. The fourth-order valence-corrected chi connectivity index (χ4v) is 3.90. The molecule has 128 valence electrons. The lowest BCUT2D eigenvalue weighted by atomic mass is 10.1. The number of benzene rings is 1. The van der Waals surface area contributed by atoms with Gasteiger partial charge in [-0.1, -0.05) is 6.07 Å². The molecule has 0 saturated carbocycles. The van der Waals surface area contributed by atoms with Crippen LogP contribution in [0, 0.1) is 0 Å². The molecule has 2 rings (SSSR count). The highest BCUT2D eigenvalue weighted by atomic mass is 32.2. The van der Waals surface area contributed by atoms with E-state index in [9.17, 15) is 26.4 Å². The summed E-state index contributed by atoms with van der Waals surface area (Å²) in [7, 11) is -4.11. The zero-order valence-corrected chi connectivity index (χ0v) is 13.3. The Kier molecular flexibility index (Phi) is 4.46. The number of carbonyl (C=O) groups excluding carboxylic acids is 1. The van der Waals surface area contributed by atoms with Crippen LogP contribution in [0.5, 0.6) is 0 Å². The average Bonchev–Trinajstić information content (AvgIpc) is 2.47. The largest absolute Gasteiger partial charge is 0.416 e. The van der Waals surface area contributed by atoms with E-state index in [2.05, 4.69) is 5.32 Å². The molecule has 0 aliphatic carbocycles. The van der Waals surface area contributed by atoms with E-state index in [1.807, 2.05) is 0 Å². The van der Waals surface area contributed by atoms with Gasteiger partial charge in [0.05, 0.1) is 21.3 Å². The summed E-state index contributed by atoms with van der Waals surface area (Å²) >= 11 is 0. The van der Waals surface area contributed by atoms with Crippen molar-refractivity contribution < 1.29 is 31.1 Å². The van der Waals surface area contributed by atoms with E-state index in [4.69, 9.17) is 4.74 Å². The Hall–Kier alpha value is -1.61. The van der Waals surface area contributed by atoms with E-state index in [-0.39, 0.29) is 19.1 Å². The van der Waals surface area contributed by atoms with Gasteiger partial charge in [0.15, 0.2) is 9.84 Å². The number of amides is 1. The Morgan fingerprint density at radius 1 is 1.26 bits per heavy atom. The number of carbonyl (C=O) groups is 1. The Balaban J connectivity index is 2.39. The highest BCUT2D eigenvalue weighted by molar-refractivity contribution is 7.92. The third-order valence-corrected chi connectivity index (χ3v) is 6.36. The lowest BCUT2D eigenvalue weighted by Gasteiger charge is -2.36. The Morgan fingerprint density at radius 2 is 1.91 bits per heavy atom. The van der Waals surface area contributed by atoms with E-state index < -0.39 is 37.3 Å². The number of nitrogens with one attached hydrogen (secondary N) is 1. The van der Waals surface area contributed by atoms with Gasteiger partial charge < -0.3 is 10.1 Å². The van der Waals surface area contributed by atoms with E-state index in [1.165, 1.54) is 13.8 Å². The molecule has 1 heterocycles. The number of hydrogen-bond donors (Lipinski definition) is 1. The van der Waals surface area contributed by atoms with Crippen LogP contribution in [0.15, 0.2) is 29.2 Å². The maximum absolute atomic E-state index is 12.8. The lowest BCUT2D eigenvalue weighted by molar-refractivity contribution is -0.137. The molecule has 1 aliphatic heterocycles. The van der Waals surface area contributed by atoms with E-state index >= 15 is 0 Å². The van der Waals surface area contributed by atoms with Gasteiger partial charge in [-0.2, -0.15) is 13.2 Å². The zero-order valence-electron chi connectivity index (χ0n) is 12.5. The second kappa shape index (κ2) is 5.79. The van der Waals surface area contributed by atoms with Gasteiger partial charge in [-0.25, -0.2) is 8.42 Å². The minimum absolute atomic E-state index is 0.0238. The molecule has 1 amide bonds. The van der Waals surface area contributed by atoms with Gasteiger partial charge in [-0.15, -0.1) is 0 Å². The average molecular weight is 351 g/mol. The van der Waals surface area contributed by atoms with Gasteiger partial charge in [-0.3, -0.25) is 4.79 Å². The van der Waals surface area contributed by atoms with Crippen LogP contribution in [0.1, 0.15) is 19.4 Å². The normalized spacial score (nSPS) is 20.2. The first-order valence-electron chi connectivity index (χ1n) is 6.76. The summed E-state index contributed by atoms with van der Waals surface area (Å²) in [4.78, 5) is 10.7. The standard InChI is InChI=1S/C14H16F3NO4S/c1-13(2,11-7-18-12(19)8-22-11)23(20,21)10-5-3-4-9(6-10)14(15,16)17/h3-6,11H,7-8H2,1-2H3,(H,18,19). The van der Waals surface area contributed by atoms with Crippen molar-refractivity contribution in [3.63, 3.8) is 0 Å². The van der Waals surface area contributed by atoms with Crippen molar-refractivity contribution in [3.05, 3.63) is 29.8 Å². The molecule has 1 N–H and O–H groups in total. The zero-order chi connectivity index (χ0) is 17.5. The smallest absolute Gasteiger partial charge is 0.365 e. The van der Waals surface area contributed by atoms with Gasteiger partial charge >= 0.3 is 6.18 Å². The Labute approximate surface area is 131 Å². The maximum atomic E-state index is 12.8. The lowest BCUT2D eigenvalue weighted by Crippen LogP contribution is -2.55. The number of sulfone groups is 1. The third kappa shape index (κ3) is 3.35. The van der Waals surface area contributed by atoms with E-state index in [0.29, 0.717) is 6.07 Å². The van der Waals surface area contributed by atoms with Crippen LogP contribution in [0.25, 0.3) is 0 Å². The SMILES string of the molecule is CC(C)(C1CNC(=O)CO1)S(=O)(=O)c1cccc(C(F)(F)F)c1. The predicted octanol–water partition coefficient (Wildman–Crippen LogP) is 1.77. The summed E-state index contributed by atoms with van der Waals surface area (Å²) in [5, 5.41) is 2.49. The van der Waals surface area contributed by atoms with Gasteiger partial charge in [0.1, 0.15) is 6.61 Å². The number of hydrogen-bond acceptors (Lipinski definition) is 4. The number of halogens is 3. The van der Waals surface area contributed by atoms with E-state index in [0.717, 1.165) is 18.2 Å². The maximum Gasteiger partial charge on any atom is 0.416 e. The van der Waals surface area contributed by atoms with Gasteiger partial charge in [-0.05, 0) is 32.0 Å². The van der Waals surface area contributed by atoms with Crippen molar-refractivity contribution in [3.8, 4) is 0 Å². The molecule has 1 atom stereocenters. The molecule has 1 unspecified atom stereocenters. The van der Waals surface area contributed by atoms with Crippen LogP contribution in [0.3, 0.4) is 0 Å². The number of alkyl halides is 3. The monoisotopic (exact) mass is 351 g/mol. The summed E-state index contributed by atoms with van der Waals surface area (Å²) in [6, 6.07) is 3.59. The number of morpholine rings is 1. The van der Waals surface area contributed by atoms with Gasteiger partial charge in [0.25, 0.3) is 0 Å². The van der Waals surface area contributed by atoms with Crippen LogP contribution in [0.2, 0.25) is 0 Å². The van der Waals surface area contributed by atoms with Crippen molar-refractivity contribution >= 4 is 15.7 Å². The minimum Gasteiger partial charge on any atom is -0.365 e. The van der Waals surface area contributed by atoms with Crippen LogP contribution < -0.4 is 5.32 Å². The highest BCUT2D eigenvalue weighted by Crippen LogP contribution is 2.35. The second-order valence-electron chi connectivity index (χ2n) is 5.74. The van der Waals surface area contributed by atoms with Crippen LogP contribution in [-0.2, 0) is 25.5 Å². The number of ether oxygens (including phenoxy) is 1. The van der Waals surface area contributed by atoms with Gasteiger partial charge in [0.2, 0.25) is 5.91 Å². The molecule has 0 spiro atoms. The summed E-state index contributed by atoms with van der Waals surface area (Å²) in [6.45, 7) is 2.42. The highest BCUT2D eigenvalue weighted by Gasteiger charge is 2.45. The molecule has 5 nitrogen and oxygen atoms in total. The van der Waals surface area contributed by atoms with Crippen LogP contribution in [-0.4, -0.2) is 38.3 Å². The summed E-state index contributed by atoms with van der Waals surface area (Å²) < 4.78 is 67.6. The predicted molar refractivity (Wildman–Crippen MR) is 75.5 cm³/mol. The van der Waals surface area contributed by atoms with Gasteiger partial charge in [0, 0.05) is 6.54 Å². The van der Waals surface area contributed by atoms with Crippen LogP contribution in [0.4, 0.5) is 13.2 Å². The molecule has 1 saturated heterocycles. The van der Waals surface area contributed by atoms with Crippen molar-refractivity contribution in [2.75, 3.05) is 13.2 Å². The first-order chi connectivity index (χ1) is 10.5. The Morgan fingerprint density at radius 3 is 2.43 bits per heavy atom. The summed E-state index contributed by atoms with van der Waals surface area (Å²) in [5.74, 6) is -0.367. The molecule has 9 heteroatoms. The molecule has 1 aliphatic rings.